The molecule has 144 valence electrons. The second kappa shape index (κ2) is 7.03. The Morgan fingerprint density at radius 2 is 1.89 bits per heavy atom. The number of rotatable bonds is 4. The van der Waals surface area contributed by atoms with Gasteiger partial charge in [-0.1, -0.05) is 12.1 Å². The number of aliphatic hydroxyl groups is 1. The molecule has 3 rings (SSSR count). The van der Waals surface area contributed by atoms with Gasteiger partial charge in [-0.15, -0.1) is 0 Å². The van der Waals surface area contributed by atoms with Crippen LogP contribution in [0.25, 0.3) is 0 Å². The summed E-state index contributed by atoms with van der Waals surface area (Å²) in [6, 6.07) is 5.82. The number of hydrogen-bond acceptors (Lipinski definition) is 5. The zero-order valence-corrected chi connectivity index (χ0v) is 15.4. The zero-order valence-electron chi connectivity index (χ0n) is 15.4. The first kappa shape index (κ1) is 18.9. The van der Waals surface area contributed by atoms with Crippen LogP contribution >= 0.6 is 0 Å². The number of benzene rings is 1. The predicted octanol–water partition coefficient (Wildman–Crippen LogP) is 1.20. The van der Waals surface area contributed by atoms with E-state index in [0.717, 1.165) is 5.56 Å². The summed E-state index contributed by atoms with van der Waals surface area (Å²) in [6.45, 7) is 2.17. The van der Waals surface area contributed by atoms with Gasteiger partial charge in [0, 0.05) is 32.7 Å². The Kier molecular flexibility index (Phi) is 4.93. The molecule has 0 aliphatic carbocycles. The SMILES string of the molecule is CC(O)N(C)c1c2c(c(O)c(=O)n1C)C(=O)N(Cc1ccc(F)cc1)CC2. The van der Waals surface area contributed by atoms with Crippen LogP contribution in [0.2, 0.25) is 0 Å². The third kappa shape index (κ3) is 3.28. The lowest BCUT2D eigenvalue weighted by Gasteiger charge is -2.34. The minimum Gasteiger partial charge on any atom is -0.502 e. The molecular weight excluding hydrogens is 353 g/mol. The van der Waals surface area contributed by atoms with Crippen molar-refractivity contribution in [3.05, 3.63) is 57.1 Å². The van der Waals surface area contributed by atoms with Crippen molar-refractivity contribution in [3.63, 3.8) is 0 Å². The van der Waals surface area contributed by atoms with E-state index in [1.54, 1.807) is 26.1 Å². The second-order valence-corrected chi connectivity index (χ2v) is 6.74. The van der Waals surface area contributed by atoms with E-state index in [4.69, 9.17) is 0 Å². The highest BCUT2D eigenvalue weighted by molar-refractivity contribution is 6.00. The number of aliphatic hydroxyl groups excluding tert-OH is 1. The van der Waals surface area contributed by atoms with Crippen molar-refractivity contribution in [2.45, 2.75) is 26.1 Å². The van der Waals surface area contributed by atoms with Crippen LogP contribution < -0.4 is 10.5 Å². The molecule has 0 radical (unpaired) electrons. The average molecular weight is 375 g/mol. The van der Waals surface area contributed by atoms with Crippen LogP contribution in [-0.2, 0) is 20.0 Å². The van der Waals surface area contributed by atoms with E-state index in [1.807, 2.05) is 0 Å². The van der Waals surface area contributed by atoms with E-state index in [2.05, 4.69) is 0 Å². The number of amides is 1. The van der Waals surface area contributed by atoms with Crippen LogP contribution in [0, 0.1) is 5.82 Å². The van der Waals surface area contributed by atoms with Crippen molar-refractivity contribution >= 4 is 11.7 Å². The summed E-state index contributed by atoms with van der Waals surface area (Å²) in [7, 11) is 3.11. The van der Waals surface area contributed by atoms with Gasteiger partial charge in [0.2, 0.25) is 0 Å². The first-order valence-electron chi connectivity index (χ1n) is 8.61. The van der Waals surface area contributed by atoms with Gasteiger partial charge in [0.1, 0.15) is 17.9 Å². The molecule has 0 spiro atoms. The summed E-state index contributed by atoms with van der Waals surface area (Å²) >= 11 is 0. The second-order valence-electron chi connectivity index (χ2n) is 6.74. The Hall–Kier alpha value is -2.87. The standard InChI is InChI=1S/C19H22FN3O4/c1-11(24)21(2)17-14-8-9-23(10-12-4-6-13(20)7-5-12)18(26)15(14)16(25)19(27)22(17)3/h4-7,11,24-25H,8-10H2,1-3H3. The van der Waals surface area contributed by atoms with Gasteiger partial charge in [-0.3, -0.25) is 14.2 Å². The van der Waals surface area contributed by atoms with E-state index in [9.17, 15) is 24.2 Å². The summed E-state index contributed by atoms with van der Waals surface area (Å²) in [5.41, 5.74) is 0.540. The number of nitrogens with zero attached hydrogens (tertiary/aromatic N) is 3. The van der Waals surface area contributed by atoms with Crippen molar-refractivity contribution in [2.24, 2.45) is 7.05 Å². The smallest absolute Gasteiger partial charge is 0.294 e. The van der Waals surface area contributed by atoms with Crippen molar-refractivity contribution in [3.8, 4) is 5.75 Å². The van der Waals surface area contributed by atoms with E-state index < -0.39 is 23.4 Å². The maximum Gasteiger partial charge on any atom is 0.294 e. The van der Waals surface area contributed by atoms with Gasteiger partial charge in [-0.2, -0.15) is 0 Å². The lowest BCUT2D eigenvalue weighted by Crippen LogP contribution is -2.42. The molecule has 2 N–H and O–H groups in total. The maximum absolute atomic E-state index is 13.1. The minimum absolute atomic E-state index is 0.0334. The lowest BCUT2D eigenvalue weighted by molar-refractivity contribution is 0.0722. The zero-order chi connectivity index (χ0) is 19.9. The van der Waals surface area contributed by atoms with Crippen LogP contribution in [0.1, 0.15) is 28.4 Å². The van der Waals surface area contributed by atoms with Crippen molar-refractivity contribution in [1.82, 2.24) is 9.47 Å². The largest absolute Gasteiger partial charge is 0.502 e. The van der Waals surface area contributed by atoms with Gasteiger partial charge in [-0.05, 0) is 31.0 Å². The fourth-order valence-corrected chi connectivity index (χ4v) is 3.38. The number of carbonyl (C=O) groups excluding carboxylic acids is 1. The number of pyridine rings is 1. The Labute approximate surface area is 155 Å². The Bertz CT molecular complexity index is 937. The fourth-order valence-electron chi connectivity index (χ4n) is 3.38. The summed E-state index contributed by atoms with van der Waals surface area (Å²) < 4.78 is 14.3. The van der Waals surface area contributed by atoms with Crippen LogP contribution in [-0.4, -0.2) is 45.4 Å². The normalized spacial score (nSPS) is 14.9. The predicted molar refractivity (Wildman–Crippen MR) is 98.3 cm³/mol. The molecule has 1 amide bonds. The molecule has 0 fully saturated rings. The third-order valence-electron chi connectivity index (χ3n) is 4.95. The van der Waals surface area contributed by atoms with E-state index >= 15 is 0 Å². The highest BCUT2D eigenvalue weighted by atomic mass is 19.1. The molecular formula is C19H22FN3O4. The summed E-state index contributed by atoms with van der Waals surface area (Å²) in [5.74, 6) is -1.02. The molecule has 1 aromatic heterocycles. The molecule has 0 saturated carbocycles. The number of anilines is 1. The van der Waals surface area contributed by atoms with Crippen LogP contribution in [0.3, 0.4) is 0 Å². The van der Waals surface area contributed by atoms with Gasteiger partial charge in [0.15, 0.2) is 5.75 Å². The molecule has 1 unspecified atom stereocenters. The van der Waals surface area contributed by atoms with Gasteiger partial charge < -0.3 is 20.0 Å². The lowest BCUT2D eigenvalue weighted by atomic mass is 9.97. The maximum atomic E-state index is 13.1. The number of hydrogen-bond donors (Lipinski definition) is 2. The van der Waals surface area contributed by atoms with Gasteiger partial charge in [0.05, 0.1) is 5.56 Å². The molecule has 8 heteroatoms. The van der Waals surface area contributed by atoms with E-state index in [-0.39, 0.29) is 17.9 Å². The fraction of sp³-hybridized carbons (Fsp3) is 0.368. The minimum atomic E-state index is -0.878. The Balaban J connectivity index is 2.04. The van der Waals surface area contributed by atoms with Gasteiger partial charge in [0.25, 0.3) is 11.5 Å². The third-order valence-corrected chi connectivity index (χ3v) is 4.95. The van der Waals surface area contributed by atoms with Crippen molar-refractivity contribution in [1.29, 1.82) is 0 Å². The van der Waals surface area contributed by atoms with E-state index in [1.165, 1.54) is 33.5 Å². The summed E-state index contributed by atoms with van der Waals surface area (Å²) in [5, 5.41) is 20.3. The van der Waals surface area contributed by atoms with Crippen molar-refractivity contribution in [2.75, 3.05) is 18.5 Å². The number of carbonyl (C=O) groups is 1. The van der Waals surface area contributed by atoms with Crippen LogP contribution in [0.5, 0.6) is 5.75 Å². The molecule has 27 heavy (non-hydrogen) atoms. The molecule has 0 bridgehead atoms. The topological polar surface area (TPSA) is 86.0 Å². The first-order chi connectivity index (χ1) is 12.7. The Morgan fingerprint density at radius 3 is 2.48 bits per heavy atom. The van der Waals surface area contributed by atoms with Gasteiger partial charge in [-0.25, -0.2) is 4.39 Å². The quantitative estimate of drug-likeness (QED) is 0.785. The molecule has 2 heterocycles. The van der Waals surface area contributed by atoms with Crippen LogP contribution in [0.15, 0.2) is 29.1 Å². The highest BCUT2D eigenvalue weighted by Gasteiger charge is 2.33. The highest BCUT2D eigenvalue weighted by Crippen LogP contribution is 2.32. The Morgan fingerprint density at radius 1 is 1.26 bits per heavy atom. The summed E-state index contributed by atoms with van der Waals surface area (Å²) in [6.07, 6.45) is -0.465. The van der Waals surface area contributed by atoms with Crippen LogP contribution in [0.4, 0.5) is 10.2 Å². The monoisotopic (exact) mass is 375 g/mol. The number of aromatic hydroxyl groups is 1. The molecule has 1 aliphatic heterocycles. The first-order valence-corrected chi connectivity index (χ1v) is 8.61. The average Bonchev–Trinajstić information content (AvgIpc) is 2.63. The van der Waals surface area contributed by atoms with Crippen molar-refractivity contribution < 1.29 is 19.4 Å². The van der Waals surface area contributed by atoms with Gasteiger partial charge >= 0.3 is 0 Å². The summed E-state index contributed by atoms with van der Waals surface area (Å²) in [4.78, 5) is 28.4. The van der Waals surface area contributed by atoms with E-state index in [0.29, 0.717) is 24.3 Å². The molecule has 2 aromatic rings. The molecule has 1 atom stereocenters. The molecule has 7 nitrogen and oxygen atoms in total. The molecule has 1 aliphatic rings. The number of fused-ring (bicyclic) bond motifs is 1. The molecule has 1 aromatic carbocycles. The molecule has 0 saturated heterocycles. The number of aromatic nitrogens is 1. The number of halogens is 1.